The molecule has 1 aliphatic heterocycles. The Morgan fingerprint density at radius 3 is 2.89 bits per heavy atom. The molecule has 1 saturated heterocycles. The van der Waals surface area contributed by atoms with Crippen molar-refractivity contribution in [2.75, 3.05) is 24.5 Å². The van der Waals surface area contributed by atoms with E-state index < -0.39 is 17.3 Å². The molecule has 0 bridgehead atoms. The second-order valence-corrected chi connectivity index (χ2v) is 6.76. The first-order valence-electron chi connectivity index (χ1n) is 8.80. The topological polar surface area (TPSA) is 65.1 Å². The molecule has 6 nitrogen and oxygen atoms in total. The maximum Gasteiger partial charge on any atom is 0.348 e. The second kappa shape index (κ2) is 7.03. The Labute approximate surface area is 154 Å². The zero-order valence-electron chi connectivity index (χ0n) is 14.8. The van der Waals surface area contributed by atoms with Gasteiger partial charge in [0.25, 0.3) is 0 Å². The number of aromatic amines is 1. The quantitative estimate of drug-likeness (QED) is 0.765. The van der Waals surface area contributed by atoms with Crippen LogP contribution in [0.3, 0.4) is 0 Å². The van der Waals surface area contributed by atoms with Gasteiger partial charge in [-0.2, -0.15) is 4.98 Å². The molecule has 1 unspecified atom stereocenters. The summed E-state index contributed by atoms with van der Waals surface area (Å²) >= 11 is 0. The first-order chi connectivity index (χ1) is 13.0. The fourth-order valence-electron chi connectivity index (χ4n) is 3.59. The van der Waals surface area contributed by atoms with Gasteiger partial charge in [0.05, 0.1) is 5.39 Å². The van der Waals surface area contributed by atoms with Crippen LogP contribution in [0.1, 0.15) is 12.5 Å². The molecule has 4 rings (SSSR count). The molecule has 1 fully saturated rings. The minimum atomic E-state index is -0.828. The maximum atomic E-state index is 13.9. The Balaban J connectivity index is 1.56. The number of piperazine rings is 1. The summed E-state index contributed by atoms with van der Waals surface area (Å²) in [6.07, 6.45) is 1.62. The van der Waals surface area contributed by atoms with Crippen LogP contribution in [0.2, 0.25) is 0 Å². The number of hydrogen-bond donors (Lipinski definition) is 1. The zero-order valence-corrected chi connectivity index (χ0v) is 14.8. The highest BCUT2D eigenvalue weighted by molar-refractivity contribution is 5.86. The Bertz CT molecular complexity index is 1040. The molecule has 3 aromatic rings. The van der Waals surface area contributed by atoms with E-state index in [2.05, 4.69) is 24.8 Å². The number of aromatic nitrogens is 3. The van der Waals surface area contributed by atoms with Gasteiger partial charge in [-0.05, 0) is 25.1 Å². The van der Waals surface area contributed by atoms with E-state index in [1.54, 1.807) is 18.3 Å². The first kappa shape index (κ1) is 17.5. The lowest BCUT2D eigenvalue weighted by Crippen LogP contribution is -2.52. The monoisotopic (exact) mass is 371 g/mol. The Kier molecular flexibility index (Phi) is 4.57. The predicted molar refractivity (Wildman–Crippen MR) is 98.6 cm³/mol. The molecule has 0 saturated carbocycles. The van der Waals surface area contributed by atoms with E-state index in [4.69, 9.17) is 0 Å². The number of rotatable bonds is 3. The van der Waals surface area contributed by atoms with Crippen molar-refractivity contribution in [2.24, 2.45) is 0 Å². The number of halogens is 2. The van der Waals surface area contributed by atoms with Crippen LogP contribution in [0.15, 0.2) is 41.3 Å². The molecular weight excluding hydrogens is 352 g/mol. The Hall–Kier alpha value is -2.87. The third kappa shape index (κ3) is 3.40. The fraction of sp³-hybridized carbons (Fsp3) is 0.316. The van der Waals surface area contributed by atoms with Crippen LogP contribution in [0.5, 0.6) is 0 Å². The number of fused-ring (bicyclic) bond motifs is 1. The van der Waals surface area contributed by atoms with Crippen molar-refractivity contribution in [3.8, 4) is 0 Å². The Morgan fingerprint density at radius 1 is 1.22 bits per heavy atom. The molecule has 1 N–H and O–H groups in total. The molecule has 1 aromatic carbocycles. The number of hydrogen-bond acceptors (Lipinski definition) is 5. The summed E-state index contributed by atoms with van der Waals surface area (Å²) in [6, 6.07) is 7.98. The number of pyridine rings is 1. The summed E-state index contributed by atoms with van der Waals surface area (Å²) in [5.41, 5.74) is 0.413. The standard InChI is InChI=1S/C19H19F2N5O/c1-12-10-25(11-13-4-2-6-15(20)16(13)21)8-9-26(12)18-14-5-3-7-22-17(14)23-19(27)24-18/h2-7,12H,8-11H2,1H3,(H,22,23,24,27). The molecule has 3 heterocycles. The van der Waals surface area contributed by atoms with Crippen LogP contribution < -0.4 is 10.6 Å². The normalized spacial score (nSPS) is 18.2. The maximum absolute atomic E-state index is 13.9. The van der Waals surface area contributed by atoms with Gasteiger partial charge in [-0.15, -0.1) is 0 Å². The molecular formula is C19H19F2N5O. The molecule has 0 amide bonds. The molecule has 27 heavy (non-hydrogen) atoms. The van der Waals surface area contributed by atoms with E-state index in [1.807, 2.05) is 13.0 Å². The molecule has 0 aliphatic carbocycles. The van der Waals surface area contributed by atoms with Gasteiger partial charge in [0.2, 0.25) is 0 Å². The minimum Gasteiger partial charge on any atom is -0.351 e. The molecule has 0 spiro atoms. The van der Waals surface area contributed by atoms with Crippen molar-refractivity contribution >= 4 is 16.9 Å². The molecule has 1 aliphatic rings. The zero-order chi connectivity index (χ0) is 19.0. The third-order valence-electron chi connectivity index (χ3n) is 4.89. The van der Waals surface area contributed by atoms with E-state index in [1.165, 1.54) is 6.07 Å². The second-order valence-electron chi connectivity index (χ2n) is 6.76. The molecule has 1 atom stereocenters. The van der Waals surface area contributed by atoms with Gasteiger partial charge in [-0.3, -0.25) is 9.88 Å². The van der Waals surface area contributed by atoms with Gasteiger partial charge < -0.3 is 4.90 Å². The highest BCUT2D eigenvalue weighted by atomic mass is 19.2. The van der Waals surface area contributed by atoms with Crippen LogP contribution in [0, 0.1) is 11.6 Å². The molecule has 8 heteroatoms. The summed E-state index contributed by atoms with van der Waals surface area (Å²) < 4.78 is 27.4. The number of nitrogens with zero attached hydrogens (tertiary/aromatic N) is 4. The molecule has 0 radical (unpaired) electrons. The fourth-order valence-corrected chi connectivity index (χ4v) is 3.59. The third-order valence-corrected chi connectivity index (χ3v) is 4.89. The number of H-pyrrole nitrogens is 1. The molecule has 2 aromatic heterocycles. The van der Waals surface area contributed by atoms with E-state index in [0.29, 0.717) is 43.2 Å². The predicted octanol–water partition coefficient (Wildman–Crippen LogP) is 2.31. The van der Waals surface area contributed by atoms with Gasteiger partial charge in [0.15, 0.2) is 11.6 Å². The highest BCUT2D eigenvalue weighted by Crippen LogP contribution is 2.25. The van der Waals surface area contributed by atoms with Crippen LogP contribution in [-0.2, 0) is 6.54 Å². The van der Waals surface area contributed by atoms with Gasteiger partial charge in [-0.1, -0.05) is 12.1 Å². The SMILES string of the molecule is CC1CN(Cc2cccc(F)c2F)CCN1c1nc(=O)[nH]c2ncccc12. The van der Waals surface area contributed by atoms with Gasteiger partial charge >= 0.3 is 5.69 Å². The van der Waals surface area contributed by atoms with Crippen molar-refractivity contribution in [2.45, 2.75) is 19.5 Å². The summed E-state index contributed by atoms with van der Waals surface area (Å²) in [5.74, 6) is -1.02. The van der Waals surface area contributed by atoms with Crippen molar-refractivity contribution in [3.63, 3.8) is 0 Å². The first-order valence-corrected chi connectivity index (χ1v) is 8.80. The van der Waals surface area contributed by atoms with Crippen LogP contribution >= 0.6 is 0 Å². The lowest BCUT2D eigenvalue weighted by atomic mass is 10.1. The van der Waals surface area contributed by atoms with Crippen LogP contribution in [-0.4, -0.2) is 45.5 Å². The van der Waals surface area contributed by atoms with E-state index >= 15 is 0 Å². The van der Waals surface area contributed by atoms with Gasteiger partial charge in [-0.25, -0.2) is 18.6 Å². The minimum absolute atomic E-state index is 0.0491. The number of anilines is 1. The van der Waals surface area contributed by atoms with E-state index in [-0.39, 0.29) is 6.04 Å². The van der Waals surface area contributed by atoms with Crippen molar-refractivity contribution in [1.82, 2.24) is 19.9 Å². The van der Waals surface area contributed by atoms with Gasteiger partial charge in [0.1, 0.15) is 11.5 Å². The largest absolute Gasteiger partial charge is 0.351 e. The van der Waals surface area contributed by atoms with Crippen molar-refractivity contribution in [3.05, 3.63) is 64.2 Å². The van der Waals surface area contributed by atoms with E-state index in [0.717, 1.165) is 11.5 Å². The van der Waals surface area contributed by atoms with Crippen molar-refractivity contribution in [1.29, 1.82) is 0 Å². The van der Waals surface area contributed by atoms with Crippen LogP contribution in [0.25, 0.3) is 11.0 Å². The lowest BCUT2D eigenvalue weighted by Gasteiger charge is -2.40. The van der Waals surface area contributed by atoms with E-state index in [9.17, 15) is 13.6 Å². The number of nitrogens with one attached hydrogen (secondary N) is 1. The lowest BCUT2D eigenvalue weighted by molar-refractivity contribution is 0.217. The van der Waals surface area contributed by atoms with Crippen LogP contribution in [0.4, 0.5) is 14.6 Å². The summed E-state index contributed by atoms with van der Waals surface area (Å²) in [6.45, 7) is 4.29. The number of benzene rings is 1. The summed E-state index contributed by atoms with van der Waals surface area (Å²) in [5, 5.41) is 0.786. The average Bonchev–Trinajstić information content (AvgIpc) is 2.65. The van der Waals surface area contributed by atoms with Crippen molar-refractivity contribution < 1.29 is 8.78 Å². The van der Waals surface area contributed by atoms with Gasteiger partial charge in [0, 0.05) is 44.0 Å². The Morgan fingerprint density at radius 2 is 2.07 bits per heavy atom. The smallest absolute Gasteiger partial charge is 0.348 e. The highest BCUT2D eigenvalue weighted by Gasteiger charge is 2.27. The summed E-state index contributed by atoms with van der Waals surface area (Å²) in [4.78, 5) is 27.1. The molecule has 140 valence electrons. The average molecular weight is 371 g/mol. The summed E-state index contributed by atoms with van der Waals surface area (Å²) in [7, 11) is 0.